The molecule has 6 heteroatoms. The first-order valence-corrected chi connectivity index (χ1v) is 9.80. The summed E-state index contributed by atoms with van der Waals surface area (Å²) in [5.74, 6) is -0.149. The lowest BCUT2D eigenvalue weighted by molar-refractivity contribution is 0.0227. The van der Waals surface area contributed by atoms with Crippen molar-refractivity contribution in [3.8, 4) is 5.69 Å². The number of nitrogens with one attached hydrogen (secondary N) is 1. The van der Waals surface area contributed by atoms with Gasteiger partial charge in [0.1, 0.15) is 5.82 Å². The van der Waals surface area contributed by atoms with E-state index in [1.165, 1.54) is 12.1 Å². The summed E-state index contributed by atoms with van der Waals surface area (Å²) in [4.78, 5) is 17.3. The van der Waals surface area contributed by atoms with Gasteiger partial charge in [-0.1, -0.05) is 0 Å². The van der Waals surface area contributed by atoms with Crippen molar-refractivity contribution in [1.82, 2.24) is 19.7 Å². The van der Waals surface area contributed by atoms with Gasteiger partial charge < -0.3 is 14.8 Å². The number of carbonyl (C=O) groups excluding carboxylic acids is 1. The molecule has 0 aliphatic carbocycles. The number of carbonyl (C=O) groups is 1. The Hall–Kier alpha value is -2.70. The predicted molar refractivity (Wildman–Crippen MR) is 107 cm³/mol. The molecule has 0 saturated carbocycles. The number of hydrogen-bond acceptors (Lipinski definition) is 3. The van der Waals surface area contributed by atoms with E-state index < -0.39 is 0 Å². The first-order valence-electron chi connectivity index (χ1n) is 9.80. The van der Waals surface area contributed by atoms with E-state index in [0.717, 1.165) is 61.4 Å². The van der Waals surface area contributed by atoms with E-state index in [4.69, 9.17) is 0 Å². The van der Waals surface area contributed by atoms with Crippen LogP contribution in [0.25, 0.3) is 16.6 Å². The van der Waals surface area contributed by atoms with Crippen molar-refractivity contribution < 1.29 is 9.18 Å². The van der Waals surface area contributed by atoms with Crippen molar-refractivity contribution in [3.63, 3.8) is 0 Å². The Bertz CT molecular complexity index is 1000. The van der Waals surface area contributed by atoms with Gasteiger partial charge >= 0.3 is 0 Å². The Morgan fingerprint density at radius 2 is 1.75 bits per heavy atom. The lowest BCUT2D eigenvalue weighted by Gasteiger charge is -2.46. The van der Waals surface area contributed by atoms with Crippen LogP contribution in [-0.2, 0) is 0 Å². The number of amides is 1. The standard InChI is InChI=1S/C22H23FN4O/c23-18-2-4-19(5-3-18)27-10-7-16-13-17(1-6-21(16)27)22(28)26-14-20(15-26)25-11-8-24-9-12-25/h1-7,10,13,20,24H,8-9,11-12,14-15H2. The third-order valence-electron chi connectivity index (χ3n) is 5.86. The molecule has 5 rings (SSSR count). The molecule has 5 nitrogen and oxygen atoms in total. The smallest absolute Gasteiger partial charge is 0.253 e. The predicted octanol–water partition coefficient (Wildman–Crippen LogP) is 2.50. The Balaban J connectivity index is 1.32. The SMILES string of the molecule is O=C(c1ccc2c(ccn2-c2ccc(F)cc2)c1)N1CC(N2CCNCC2)C1. The second-order valence-corrected chi connectivity index (χ2v) is 7.59. The first kappa shape index (κ1) is 17.4. The van der Waals surface area contributed by atoms with Crippen molar-refractivity contribution in [1.29, 1.82) is 0 Å². The maximum Gasteiger partial charge on any atom is 0.253 e. The average Bonchev–Trinajstić information content (AvgIpc) is 3.11. The monoisotopic (exact) mass is 378 g/mol. The van der Waals surface area contributed by atoms with E-state index in [1.807, 2.05) is 39.9 Å². The number of rotatable bonds is 3. The Morgan fingerprint density at radius 3 is 2.50 bits per heavy atom. The van der Waals surface area contributed by atoms with Crippen LogP contribution in [0.3, 0.4) is 0 Å². The Labute approximate surface area is 163 Å². The molecule has 2 aliphatic rings. The van der Waals surface area contributed by atoms with Gasteiger partial charge in [0.05, 0.1) is 5.52 Å². The molecule has 2 aromatic carbocycles. The van der Waals surface area contributed by atoms with Crippen molar-refractivity contribution in [3.05, 3.63) is 66.1 Å². The first-order chi connectivity index (χ1) is 13.7. The summed E-state index contributed by atoms with van der Waals surface area (Å²) < 4.78 is 15.2. The van der Waals surface area contributed by atoms with E-state index in [-0.39, 0.29) is 11.7 Å². The van der Waals surface area contributed by atoms with Crippen LogP contribution in [0.2, 0.25) is 0 Å². The molecule has 2 saturated heterocycles. The third kappa shape index (κ3) is 3.08. The van der Waals surface area contributed by atoms with Gasteiger partial charge in [0.2, 0.25) is 0 Å². The molecule has 0 radical (unpaired) electrons. The number of fused-ring (bicyclic) bond motifs is 1. The molecule has 1 aromatic heterocycles. The fraction of sp³-hybridized carbons (Fsp3) is 0.318. The summed E-state index contributed by atoms with van der Waals surface area (Å²) in [6.07, 6.45) is 1.95. The molecule has 144 valence electrons. The van der Waals surface area contributed by atoms with Gasteiger partial charge in [-0.3, -0.25) is 9.69 Å². The van der Waals surface area contributed by atoms with Gasteiger partial charge in [-0.05, 0) is 48.5 Å². The van der Waals surface area contributed by atoms with Crippen molar-refractivity contribution in [2.75, 3.05) is 39.3 Å². The zero-order chi connectivity index (χ0) is 19.1. The number of likely N-dealkylation sites (tertiary alicyclic amines) is 1. The molecule has 0 bridgehead atoms. The van der Waals surface area contributed by atoms with Crippen LogP contribution >= 0.6 is 0 Å². The zero-order valence-electron chi connectivity index (χ0n) is 15.6. The molecule has 28 heavy (non-hydrogen) atoms. The molecule has 2 aliphatic heterocycles. The van der Waals surface area contributed by atoms with E-state index in [9.17, 15) is 9.18 Å². The fourth-order valence-electron chi connectivity index (χ4n) is 4.18. The number of hydrogen-bond donors (Lipinski definition) is 1. The van der Waals surface area contributed by atoms with Crippen LogP contribution < -0.4 is 5.32 Å². The largest absolute Gasteiger partial charge is 0.335 e. The highest BCUT2D eigenvalue weighted by atomic mass is 19.1. The molecule has 1 N–H and O–H groups in total. The average molecular weight is 378 g/mol. The van der Waals surface area contributed by atoms with Gasteiger partial charge in [-0.25, -0.2) is 4.39 Å². The van der Waals surface area contributed by atoms with Crippen molar-refractivity contribution >= 4 is 16.8 Å². The lowest BCUT2D eigenvalue weighted by Crippen LogP contribution is -2.63. The van der Waals surface area contributed by atoms with E-state index in [0.29, 0.717) is 6.04 Å². The number of piperazine rings is 1. The molecule has 1 amide bonds. The van der Waals surface area contributed by atoms with Gasteiger partial charge in [0.15, 0.2) is 0 Å². The summed E-state index contributed by atoms with van der Waals surface area (Å²) in [6.45, 7) is 5.82. The lowest BCUT2D eigenvalue weighted by atomic mass is 10.0. The molecule has 2 fully saturated rings. The number of benzene rings is 2. The van der Waals surface area contributed by atoms with Crippen LogP contribution in [-0.4, -0.2) is 65.6 Å². The van der Waals surface area contributed by atoms with Gasteiger partial charge in [-0.15, -0.1) is 0 Å². The molecule has 3 heterocycles. The number of nitrogens with zero attached hydrogens (tertiary/aromatic N) is 3. The summed E-state index contributed by atoms with van der Waals surface area (Å²) in [5, 5.41) is 4.38. The summed E-state index contributed by atoms with van der Waals surface area (Å²) >= 11 is 0. The van der Waals surface area contributed by atoms with Crippen LogP contribution in [0.15, 0.2) is 54.7 Å². The zero-order valence-corrected chi connectivity index (χ0v) is 15.6. The molecule has 0 unspecified atom stereocenters. The van der Waals surface area contributed by atoms with E-state index >= 15 is 0 Å². The second-order valence-electron chi connectivity index (χ2n) is 7.59. The fourth-order valence-corrected chi connectivity index (χ4v) is 4.18. The summed E-state index contributed by atoms with van der Waals surface area (Å²) in [5.41, 5.74) is 2.63. The number of aromatic nitrogens is 1. The van der Waals surface area contributed by atoms with Crippen molar-refractivity contribution in [2.45, 2.75) is 6.04 Å². The summed E-state index contributed by atoms with van der Waals surface area (Å²) in [7, 11) is 0. The van der Waals surface area contributed by atoms with Crippen molar-refractivity contribution in [2.24, 2.45) is 0 Å². The second kappa shape index (κ2) is 7.04. The normalized spacial score (nSPS) is 18.4. The highest BCUT2D eigenvalue weighted by Gasteiger charge is 2.35. The van der Waals surface area contributed by atoms with Gasteiger partial charge in [-0.2, -0.15) is 0 Å². The topological polar surface area (TPSA) is 40.5 Å². The highest BCUT2D eigenvalue weighted by Crippen LogP contribution is 2.24. The van der Waals surface area contributed by atoms with Gasteiger partial charge in [0, 0.05) is 68.1 Å². The van der Waals surface area contributed by atoms with E-state index in [1.54, 1.807) is 12.1 Å². The number of halogens is 1. The molecule has 0 atom stereocenters. The van der Waals surface area contributed by atoms with Crippen LogP contribution in [0, 0.1) is 5.82 Å². The molecular weight excluding hydrogens is 355 g/mol. The quantitative estimate of drug-likeness (QED) is 0.761. The maximum atomic E-state index is 13.2. The molecular formula is C22H23FN4O. The molecule has 0 spiro atoms. The summed E-state index contributed by atoms with van der Waals surface area (Å²) in [6, 6.07) is 14.7. The Morgan fingerprint density at radius 1 is 1.00 bits per heavy atom. The van der Waals surface area contributed by atoms with Crippen LogP contribution in [0.1, 0.15) is 10.4 Å². The highest BCUT2D eigenvalue weighted by molar-refractivity contribution is 5.98. The Kier molecular flexibility index (Phi) is 4.37. The minimum atomic E-state index is -0.248. The third-order valence-corrected chi connectivity index (χ3v) is 5.86. The van der Waals surface area contributed by atoms with Crippen LogP contribution in [0.5, 0.6) is 0 Å². The minimum absolute atomic E-state index is 0.0998. The van der Waals surface area contributed by atoms with E-state index in [2.05, 4.69) is 10.2 Å². The van der Waals surface area contributed by atoms with Crippen LogP contribution in [0.4, 0.5) is 4.39 Å². The maximum absolute atomic E-state index is 13.2. The molecule has 3 aromatic rings. The minimum Gasteiger partial charge on any atom is -0.335 e. The van der Waals surface area contributed by atoms with Gasteiger partial charge in [0.25, 0.3) is 5.91 Å².